The van der Waals surface area contributed by atoms with Gasteiger partial charge in [-0.25, -0.2) is 0 Å². The van der Waals surface area contributed by atoms with E-state index in [2.05, 4.69) is 52.0 Å². The van der Waals surface area contributed by atoms with E-state index < -0.39 is 0 Å². The third kappa shape index (κ3) is 7.38. The van der Waals surface area contributed by atoms with Crippen LogP contribution >= 0.6 is 0 Å². The first-order valence-corrected chi connectivity index (χ1v) is 6.11. The van der Waals surface area contributed by atoms with Crippen LogP contribution in [0.15, 0.2) is 24.3 Å². The lowest BCUT2D eigenvalue weighted by molar-refractivity contribution is 0.0912. The predicted octanol–water partition coefficient (Wildman–Crippen LogP) is 4.21. The van der Waals surface area contributed by atoms with Crippen molar-refractivity contribution in [1.82, 2.24) is 0 Å². The first-order valence-electron chi connectivity index (χ1n) is 6.11. The van der Waals surface area contributed by atoms with Crippen LogP contribution in [0.25, 0.3) is 0 Å². The van der Waals surface area contributed by atoms with Gasteiger partial charge in [0.15, 0.2) is 0 Å². The van der Waals surface area contributed by atoms with Crippen LogP contribution in [-0.2, 0) is 4.74 Å². The molecule has 0 amide bonds. The van der Waals surface area contributed by atoms with Gasteiger partial charge in [-0.1, -0.05) is 38.2 Å². The maximum absolute atomic E-state index is 5.74. The van der Waals surface area contributed by atoms with Crippen molar-refractivity contribution < 1.29 is 4.74 Å². The van der Waals surface area contributed by atoms with Gasteiger partial charge in [-0.2, -0.15) is 0 Å². The molecule has 0 aliphatic rings. The Morgan fingerprint density at radius 2 is 1.27 bits per heavy atom. The normalized spacial score (nSPS) is 16.3. The second kappa shape index (κ2) is 9.97. The summed E-state index contributed by atoms with van der Waals surface area (Å²) >= 11 is 0. The fraction of sp³-hybridized carbons (Fsp3) is 0.714. The molecule has 88 valence electrons. The zero-order valence-electron chi connectivity index (χ0n) is 10.7. The first kappa shape index (κ1) is 14.4. The molecule has 0 saturated heterocycles. The first-order chi connectivity index (χ1) is 7.28. The Morgan fingerprint density at radius 3 is 1.53 bits per heavy atom. The summed E-state index contributed by atoms with van der Waals surface area (Å²) in [5.41, 5.74) is 0. The molecule has 0 aliphatic heterocycles. The Kier molecular flexibility index (Phi) is 9.60. The average molecular weight is 210 g/mol. The largest absolute Gasteiger partial charge is 0.380 e. The monoisotopic (exact) mass is 210 g/mol. The van der Waals surface area contributed by atoms with Crippen LogP contribution < -0.4 is 0 Å². The van der Waals surface area contributed by atoms with Crippen LogP contribution in [-0.4, -0.2) is 13.2 Å². The average Bonchev–Trinajstić information content (AvgIpc) is 2.26. The molecule has 2 atom stereocenters. The van der Waals surface area contributed by atoms with Gasteiger partial charge in [-0.05, 0) is 38.5 Å². The molecule has 0 aromatic rings. The van der Waals surface area contributed by atoms with Gasteiger partial charge in [0, 0.05) is 0 Å². The third-order valence-corrected chi connectivity index (χ3v) is 2.64. The minimum absolute atomic E-state index is 0.582. The van der Waals surface area contributed by atoms with E-state index in [4.69, 9.17) is 4.74 Å². The molecule has 0 spiro atoms. The summed E-state index contributed by atoms with van der Waals surface area (Å²) in [6, 6.07) is 0. The number of hydrogen-bond acceptors (Lipinski definition) is 1. The third-order valence-electron chi connectivity index (χ3n) is 2.64. The Bertz CT molecular complexity index is 162. The number of allylic oxidation sites excluding steroid dienone is 2. The van der Waals surface area contributed by atoms with Gasteiger partial charge in [0.1, 0.15) is 0 Å². The highest BCUT2D eigenvalue weighted by molar-refractivity contribution is 4.86. The quantitative estimate of drug-likeness (QED) is 0.545. The zero-order chi connectivity index (χ0) is 11.5. The summed E-state index contributed by atoms with van der Waals surface area (Å²) in [7, 11) is 0. The van der Waals surface area contributed by atoms with Gasteiger partial charge in [0.05, 0.1) is 13.2 Å². The van der Waals surface area contributed by atoms with E-state index in [1.54, 1.807) is 0 Å². The van der Waals surface area contributed by atoms with Crippen molar-refractivity contribution in [2.75, 3.05) is 13.2 Å². The van der Waals surface area contributed by atoms with Gasteiger partial charge >= 0.3 is 0 Å². The van der Waals surface area contributed by atoms with Crippen molar-refractivity contribution in [1.29, 1.82) is 0 Å². The van der Waals surface area contributed by atoms with Crippen LogP contribution in [0.5, 0.6) is 0 Å². The second-order valence-corrected chi connectivity index (χ2v) is 3.93. The highest BCUT2D eigenvalue weighted by atomic mass is 16.5. The Morgan fingerprint density at radius 1 is 0.867 bits per heavy atom. The van der Waals surface area contributed by atoms with Crippen LogP contribution in [0.3, 0.4) is 0 Å². The Balaban J connectivity index is 3.74. The van der Waals surface area contributed by atoms with E-state index in [1.165, 1.54) is 0 Å². The summed E-state index contributed by atoms with van der Waals surface area (Å²) in [5.74, 6) is 1.16. The van der Waals surface area contributed by atoms with Crippen LogP contribution in [0.2, 0.25) is 0 Å². The molecule has 0 bridgehead atoms. The van der Waals surface area contributed by atoms with E-state index >= 15 is 0 Å². The fourth-order valence-electron chi connectivity index (χ4n) is 1.53. The van der Waals surface area contributed by atoms with Crippen LogP contribution in [0.1, 0.15) is 40.5 Å². The van der Waals surface area contributed by atoms with Crippen LogP contribution in [0, 0.1) is 11.8 Å². The molecule has 0 heterocycles. The predicted molar refractivity (Wildman–Crippen MR) is 68.0 cm³/mol. The lowest BCUT2D eigenvalue weighted by atomic mass is 10.1. The van der Waals surface area contributed by atoms with Crippen molar-refractivity contribution in [3.05, 3.63) is 24.3 Å². The minimum atomic E-state index is 0.582. The van der Waals surface area contributed by atoms with Crippen molar-refractivity contribution in [3.63, 3.8) is 0 Å². The molecule has 0 saturated carbocycles. The number of ether oxygens (including phenoxy) is 1. The van der Waals surface area contributed by atoms with Crippen molar-refractivity contribution in [2.24, 2.45) is 11.8 Å². The molecule has 2 unspecified atom stereocenters. The molecule has 0 fully saturated rings. The Labute approximate surface area is 95.2 Å². The van der Waals surface area contributed by atoms with E-state index in [1.807, 2.05) is 0 Å². The van der Waals surface area contributed by atoms with Crippen LogP contribution in [0.4, 0.5) is 0 Å². The topological polar surface area (TPSA) is 9.23 Å². The van der Waals surface area contributed by atoms with Crippen molar-refractivity contribution in [3.8, 4) is 0 Å². The van der Waals surface area contributed by atoms with Crippen molar-refractivity contribution >= 4 is 0 Å². The molecular weight excluding hydrogens is 184 g/mol. The highest BCUT2D eigenvalue weighted by Crippen LogP contribution is 2.09. The fourth-order valence-corrected chi connectivity index (χ4v) is 1.53. The molecule has 0 rings (SSSR count). The molecule has 0 radical (unpaired) electrons. The SMILES string of the molecule is CC=CC(CC)COCC(C=CC)CC. The van der Waals surface area contributed by atoms with Gasteiger partial charge in [0.25, 0.3) is 0 Å². The summed E-state index contributed by atoms with van der Waals surface area (Å²) in [6.45, 7) is 10.3. The van der Waals surface area contributed by atoms with Crippen molar-refractivity contribution in [2.45, 2.75) is 40.5 Å². The molecule has 1 nitrogen and oxygen atoms in total. The van der Waals surface area contributed by atoms with E-state index in [0.717, 1.165) is 26.1 Å². The number of hydrogen-bond donors (Lipinski definition) is 0. The molecule has 0 aliphatic carbocycles. The smallest absolute Gasteiger partial charge is 0.0528 e. The molecule has 0 aromatic carbocycles. The summed E-state index contributed by atoms with van der Waals surface area (Å²) in [4.78, 5) is 0. The van der Waals surface area contributed by atoms with Gasteiger partial charge in [0.2, 0.25) is 0 Å². The van der Waals surface area contributed by atoms with Gasteiger partial charge < -0.3 is 4.74 Å². The van der Waals surface area contributed by atoms with Gasteiger partial charge in [-0.3, -0.25) is 0 Å². The molecule has 0 N–H and O–H groups in total. The van der Waals surface area contributed by atoms with E-state index in [9.17, 15) is 0 Å². The maximum atomic E-state index is 5.74. The second-order valence-electron chi connectivity index (χ2n) is 3.93. The molecule has 0 aromatic heterocycles. The summed E-state index contributed by atoms with van der Waals surface area (Å²) in [6.07, 6.45) is 11.0. The van der Waals surface area contributed by atoms with Gasteiger partial charge in [-0.15, -0.1) is 0 Å². The summed E-state index contributed by atoms with van der Waals surface area (Å²) < 4.78 is 5.74. The van der Waals surface area contributed by atoms with E-state index in [-0.39, 0.29) is 0 Å². The zero-order valence-corrected chi connectivity index (χ0v) is 10.7. The lowest BCUT2D eigenvalue weighted by Gasteiger charge is -2.14. The molecule has 1 heteroatoms. The minimum Gasteiger partial charge on any atom is -0.380 e. The summed E-state index contributed by atoms with van der Waals surface area (Å²) in [5, 5.41) is 0. The maximum Gasteiger partial charge on any atom is 0.0528 e. The molecule has 15 heavy (non-hydrogen) atoms. The highest BCUT2D eigenvalue weighted by Gasteiger charge is 2.05. The number of rotatable bonds is 8. The standard InChI is InChI=1S/C14H26O/c1-5-9-13(7-3)11-15-12-14(8-4)10-6-2/h5-6,9-10,13-14H,7-8,11-12H2,1-4H3. The molecular formula is C14H26O. The lowest BCUT2D eigenvalue weighted by Crippen LogP contribution is -2.12. The van der Waals surface area contributed by atoms with E-state index in [0.29, 0.717) is 11.8 Å². The Hall–Kier alpha value is -0.560.